The van der Waals surface area contributed by atoms with Crippen LogP contribution in [-0.4, -0.2) is 35.0 Å². The molecule has 22 heavy (non-hydrogen) atoms. The van der Waals surface area contributed by atoms with Crippen molar-refractivity contribution in [2.45, 2.75) is 37.5 Å². The van der Waals surface area contributed by atoms with E-state index in [1.165, 1.54) is 0 Å². The van der Waals surface area contributed by atoms with Crippen molar-refractivity contribution in [1.29, 1.82) is 0 Å². The number of carbonyl (C=O) groups excluding carboxylic acids is 1. The third-order valence-corrected chi connectivity index (χ3v) is 5.40. The van der Waals surface area contributed by atoms with Gasteiger partial charge in [-0.25, -0.2) is 0 Å². The topological polar surface area (TPSA) is 57.6 Å². The fourth-order valence-corrected chi connectivity index (χ4v) is 3.68. The van der Waals surface area contributed by atoms with E-state index in [4.69, 9.17) is 16.7 Å². The van der Waals surface area contributed by atoms with Gasteiger partial charge in [-0.15, -0.1) is 0 Å². The summed E-state index contributed by atoms with van der Waals surface area (Å²) in [5.74, 6) is -0.898. The number of hydrogen-bond donors (Lipinski definition) is 1. The van der Waals surface area contributed by atoms with Crippen molar-refractivity contribution in [3.8, 4) is 0 Å². The monoisotopic (exact) mass is 321 g/mol. The van der Waals surface area contributed by atoms with Crippen LogP contribution in [0.4, 0.5) is 0 Å². The van der Waals surface area contributed by atoms with Crippen LogP contribution in [0.1, 0.15) is 37.7 Å². The maximum atomic E-state index is 13.0. The summed E-state index contributed by atoms with van der Waals surface area (Å²) in [5.41, 5.74) is 0.620. The molecule has 0 atom stereocenters. The number of likely N-dealkylation sites (tertiary alicyclic amines) is 1. The third-order valence-electron chi connectivity index (χ3n) is 5.14. The van der Waals surface area contributed by atoms with E-state index >= 15 is 0 Å². The molecule has 1 aromatic carbocycles. The van der Waals surface area contributed by atoms with Crippen molar-refractivity contribution in [3.05, 3.63) is 34.9 Å². The Morgan fingerprint density at radius 2 is 1.73 bits per heavy atom. The van der Waals surface area contributed by atoms with Gasteiger partial charge < -0.3 is 10.0 Å². The van der Waals surface area contributed by atoms with Crippen molar-refractivity contribution in [2.24, 2.45) is 5.92 Å². The molecule has 3 rings (SSSR count). The molecule has 1 saturated heterocycles. The van der Waals surface area contributed by atoms with Gasteiger partial charge >= 0.3 is 5.97 Å². The zero-order valence-corrected chi connectivity index (χ0v) is 13.2. The number of carboxylic acid groups (broad SMARTS) is 1. The molecule has 1 heterocycles. The molecular formula is C17H20ClNO3. The van der Waals surface area contributed by atoms with Crippen LogP contribution in [-0.2, 0) is 15.0 Å². The van der Waals surface area contributed by atoms with Gasteiger partial charge in [0, 0.05) is 18.1 Å². The number of rotatable bonds is 3. The first-order valence-corrected chi connectivity index (χ1v) is 8.19. The van der Waals surface area contributed by atoms with Crippen LogP contribution in [0.2, 0.25) is 5.02 Å². The predicted octanol–water partition coefficient (Wildman–Crippen LogP) is 3.08. The fraction of sp³-hybridized carbons (Fsp3) is 0.529. The average molecular weight is 322 g/mol. The number of piperidine rings is 1. The molecule has 4 nitrogen and oxygen atoms in total. The number of amides is 1. The number of carboxylic acids is 1. The van der Waals surface area contributed by atoms with Crippen molar-refractivity contribution in [3.63, 3.8) is 0 Å². The summed E-state index contributed by atoms with van der Waals surface area (Å²) >= 11 is 5.95. The summed E-state index contributed by atoms with van der Waals surface area (Å²) in [5, 5.41) is 9.74. The number of nitrogens with zero attached hydrogens (tertiary/aromatic N) is 1. The summed E-state index contributed by atoms with van der Waals surface area (Å²) in [6.07, 6.45) is 3.90. The van der Waals surface area contributed by atoms with Crippen LogP contribution < -0.4 is 0 Å². The van der Waals surface area contributed by atoms with Crippen molar-refractivity contribution in [1.82, 2.24) is 4.90 Å². The molecule has 1 aromatic rings. The molecule has 0 spiro atoms. The maximum Gasteiger partial charge on any atom is 0.306 e. The van der Waals surface area contributed by atoms with Crippen LogP contribution >= 0.6 is 11.6 Å². The lowest BCUT2D eigenvalue weighted by molar-refractivity contribution is -0.148. The molecular weight excluding hydrogens is 302 g/mol. The Hall–Kier alpha value is -1.55. The first-order valence-electron chi connectivity index (χ1n) is 7.81. The van der Waals surface area contributed by atoms with E-state index in [0.717, 1.165) is 24.8 Å². The van der Waals surface area contributed by atoms with Crippen LogP contribution in [0.15, 0.2) is 24.3 Å². The lowest BCUT2D eigenvalue weighted by atomic mass is 9.63. The Balaban J connectivity index is 1.75. The van der Waals surface area contributed by atoms with Gasteiger partial charge in [0.25, 0.3) is 0 Å². The molecule has 0 aromatic heterocycles. The van der Waals surface area contributed by atoms with E-state index in [1.54, 1.807) is 0 Å². The van der Waals surface area contributed by atoms with Crippen molar-refractivity contribution < 1.29 is 14.7 Å². The Morgan fingerprint density at radius 1 is 1.14 bits per heavy atom. The first kappa shape index (κ1) is 15.3. The predicted molar refractivity (Wildman–Crippen MR) is 83.9 cm³/mol. The summed E-state index contributed by atoms with van der Waals surface area (Å²) in [7, 11) is 0. The molecule has 1 aliphatic heterocycles. The second-order valence-electron chi connectivity index (χ2n) is 6.35. The zero-order chi connectivity index (χ0) is 15.7. The van der Waals surface area contributed by atoms with Crippen LogP contribution in [0, 0.1) is 5.92 Å². The van der Waals surface area contributed by atoms with Gasteiger partial charge in [-0.3, -0.25) is 9.59 Å². The van der Waals surface area contributed by atoms with Gasteiger partial charge in [0.05, 0.1) is 11.3 Å². The summed E-state index contributed by atoms with van der Waals surface area (Å²) < 4.78 is 0. The molecule has 1 amide bonds. The molecule has 5 heteroatoms. The molecule has 1 N–H and O–H groups in total. The molecule has 2 fully saturated rings. The standard InChI is InChI=1S/C17H20ClNO3/c18-14-4-2-13(3-5-14)17(8-1-9-17)16(22)19-10-6-12(7-11-19)15(20)21/h2-5,12H,1,6-11H2,(H,20,21). The molecule has 1 saturated carbocycles. The molecule has 0 unspecified atom stereocenters. The van der Waals surface area contributed by atoms with Crippen LogP contribution in [0.3, 0.4) is 0 Å². The smallest absolute Gasteiger partial charge is 0.306 e. The molecule has 0 radical (unpaired) electrons. The number of aliphatic carboxylic acids is 1. The summed E-state index contributed by atoms with van der Waals surface area (Å²) in [4.78, 5) is 25.9. The zero-order valence-electron chi connectivity index (χ0n) is 12.4. The lowest BCUT2D eigenvalue weighted by Crippen LogP contribution is -2.53. The second kappa shape index (κ2) is 5.92. The maximum absolute atomic E-state index is 13.0. The van der Waals surface area contributed by atoms with E-state index in [2.05, 4.69) is 0 Å². The minimum atomic E-state index is -0.747. The largest absolute Gasteiger partial charge is 0.481 e. The second-order valence-corrected chi connectivity index (χ2v) is 6.78. The van der Waals surface area contributed by atoms with Gasteiger partial charge in [-0.2, -0.15) is 0 Å². The highest BCUT2D eigenvalue weighted by molar-refractivity contribution is 6.30. The highest BCUT2D eigenvalue weighted by atomic mass is 35.5. The van der Waals surface area contributed by atoms with Gasteiger partial charge in [0.2, 0.25) is 5.91 Å². The van der Waals surface area contributed by atoms with E-state index in [1.807, 2.05) is 29.2 Å². The van der Waals surface area contributed by atoms with E-state index in [0.29, 0.717) is 31.0 Å². The van der Waals surface area contributed by atoms with Crippen LogP contribution in [0.5, 0.6) is 0 Å². The van der Waals surface area contributed by atoms with Gasteiger partial charge in [-0.05, 0) is 43.4 Å². The van der Waals surface area contributed by atoms with Gasteiger partial charge in [0.1, 0.15) is 0 Å². The Kier molecular flexibility index (Phi) is 4.13. The lowest BCUT2D eigenvalue weighted by Gasteiger charge is -2.45. The SMILES string of the molecule is O=C(O)C1CCN(C(=O)C2(c3ccc(Cl)cc3)CCC2)CC1. The minimum absolute atomic E-state index is 0.157. The molecule has 1 aliphatic carbocycles. The number of hydrogen-bond acceptors (Lipinski definition) is 2. The number of carbonyl (C=O) groups is 2. The highest BCUT2D eigenvalue weighted by Gasteiger charge is 2.48. The van der Waals surface area contributed by atoms with Crippen molar-refractivity contribution >= 4 is 23.5 Å². The van der Waals surface area contributed by atoms with E-state index in [9.17, 15) is 9.59 Å². The number of halogens is 1. The minimum Gasteiger partial charge on any atom is -0.481 e. The van der Waals surface area contributed by atoms with Crippen LogP contribution in [0.25, 0.3) is 0 Å². The summed E-state index contributed by atoms with van der Waals surface area (Å²) in [6, 6.07) is 7.56. The molecule has 2 aliphatic rings. The summed E-state index contributed by atoms with van der Waals surface area (Å²) in [6.45, 7) is 1.09. The van der Waals surface area contributed by atoms with Gasteiger partial charge in [-0.1, -0.05) is 30.2 Å². The first-order chi connectivity index (χ1) is 10.5. The Bertz CT molecular complexity index is 572. The van der Waals surface area contributed by atoms with E-state index in [-0.39, 0.29) is 11.8 Å². The average Bonchev–Trinajstić information content (AvgIpc) is 2.48. The van der Waals surface area contributed by atoms with E-state index < -0.39 is 11.4 Å². The third kappa shape index (κ3) is 2.60. The molecule has 118 valence electrons. The van der Waals surface area contributed by atoms with Gasteiger partial charge in [0.15, 0.2) is 0 Å². The quantitative estimate of drug-likeness (QED) is 0.930. The fourth-order valence-electron chi connectivity index (χ4n) is 3.56. The highest BCUT2D eigenvalue weighted by Crippen LogP contribution is 2.45. The Labute approximate surface area is 135 Å². The molecule has 0 bridgehead atoms. The van der Waals surface area contributed by atoms with Crippen molar-refractivity contribution in [2.75, 3.05) is 13.1 Å². The number of benzene rings is 1. The normalized spacial score (nSPS) is 21.2. The Morgan fingerprint density at radius 3 is 2.18 bits per heavy atom.